The molecule has 4 nitrogen and oxygen atoms in total. The molecule has 1 unspecified atom stereocenters. The lowest BCUT2D eigenvalue weighted by molar-refractivity contribution is 0.162. The van der Waals surface area contributed by atoms with Crippen LogP contribution in [0, 0.1) is 0 Å². The van der Waals surface area contributed by atoms with Crippen molar-refractivity contribution in [3.05, 3.63) is 29.8 Å². The number of phenols is 1. The summed E-state index contributed by atoms with van der Waals surface area (Å²) in [5, 5.41) is 12.7. The average Bonchev–Trinajstić information content (AvgIpc) is 2.38. The molecule has 0 radical (unpaired) electrons. The largest absolute Gasteiger partial charge is 0.508 e. The number of ether oxygens (including phenoxy) is 1. The monoisotopic (exact) mass is 252 g/mol. The Morgan fingerprint density at radius 2 is 2.06 bits per heavy atom. The minimum absolute atomic E-state index is 0.312. The predicted octanol–water partition coefficient (Wildman–Crippen LogP) is 1.28. The van der Waals surface area contributed by atoms with Crippen molar-refractivity contribution >= 4 is 0 Å². The summed E-state index contributed by atoms with van der Waals surface area (Å²) in [6, 6.07) is 7.70. The molecule has 0 aliphatic rings. The number of benzene rings is 1. The molecule has 0 aliphatic heterocycles. The second kappa shape index (κ2) is 8.91. The zero-order chi connectivity index (χ0) is 13.2. The number of hydrogen-bond donors (Lipinski definition) is 3. The van der Waals surface area contributed by atoms with Gasteiger partial charge in [0.2, 0.25) is 0 Å². The molecule has 0 spiro atoms. The van der Waals surface area contributed by atoms with Crippen LogP contribution in [0.1, 0.15) is 18.4 Å². The normalized spacial score (nSPS) is 12.6. The molecule has 0 aliphatic carbocycles. The summed E-state index contributed by atoms with van der Waals surface area (Å²) in [4.78, 5) is 0. The smallest absolute Gasteiger partial charge is 0.115 e. The van der Waals surface area contributed by atoms with Crippen molar-refractivity contribution in [2.75, 3.05) is 26.8 Å². The second-order valence-electron chi connectivity index (χ2n) is 4.45. The maximum Gasteiger partial charge on any atom is 0.115 e. The predicted molar refractivity (Wildman–Crippen MR) is 73.8 cm³/mol. The first kappa shape index (κ1) is 15.0. The van der Waals surface area contributed by atoms with Gasteiger partial charge in [-0.3, -0.25) is 0 Å². The zero-order valence-corrected chi connectivity index (χ0v) is 11.1. The minimum atomic E-state index is 0.312. The minimum Gasteiger partial charge on any atom is -0.508 e. The molecular weight excluding hydrogens is 228 g/mol. The molecule has 1 aromatic rings. The Balaban J connectivity index is 2.26. The summed E-state index contributed by atoms with van der Waals surface area (Å²) < 4.78 is 5.18. The summed E-state index contributed by atoms with van der Waals surface area (Å²) in [5.74, 6) is 0.312. The SMILES string of the molecule is COCC(CCCN)NCCc1ccc(O)cc1. The molecule has 1 aromatic carbocycles. The third-order valence-corrected chi connectivity index (χ3v) is 2.91. The van der Waals surface area contributed by atoms with E-state index in [1.165, 1.54) is 5.56 Å². The fraction of sp³-hybridized carbons (Fsp3) is 0.571. The van der Waals surface area contributed by atoms with Gasteiger partial charge in [-0.25, -0.2) is 0 Å². The van der Waals surface area contributed by atoms with Gasteiger partial charge in [-0.05, 0) is 50.0 Å². The van der Waals surface area contributed by atoms with E-state index in [1.54, 1.807) is 19.2 Å². The standard InChI is InChI=1S/C14H24N2O2/c1-18-11-13(3-2-9-15)16-10-8-12-4-6-14(17)7-5-12/h4-7,13,16-17H,2-3,8-11,15H2,1H3. The Hall–Kier alpha value is -1.10. The first-order valence-corrected chi connectivity index (χ1v) is 6.46. The van der Waals surface area contributed by atoms with E-state index in [0.29, 0.717) is 11.8 Å². The highest BCUT2D eigenvalue weighted by Gasteiger charge is 2.06. The second-order valence-corrected chi connectivity index (χ2v) is 4.45. The van der Waals surface area contributed by atoms with Gasteiger partial charge in [0.15, 0.2) is 0 Å². The van der Waals surface area contributed by atoms with E-state index in [0.717, 1.165) is 39.0 Å². The van der Waals surface area contributed by atoms with E-state index in [2.05, 4.69) is 5.32 Å². The van der Waals surface area contributed by atoms with Crippen molar-refractivity contribution in [3.8, 4) is 5.75 Å². The first-order chi connectivity index (χ1) is 8.76. The van der Waals surface area contributed by atoms with Crippen molar-refractivity contribution in [1.29, 1.82) is 0 Å². The molecule has 0 saturated carbocycles. The van der Waals surface area contributed by atoms with Crippen LogP contribution < -0.4 is 11.1 Å². The highest BCUT2D eigenvalue weighted by atomic mass is 16.5. The Morgan fingerprint density at radius 3 is 2.67 bits per heavy atom. The van der Waals surface area contributed by atoms with Crippen molar-refractivity contribution in [2.24, 2.45) is 5.73 Å². The lowest BCUT2D eigenvalue weighted by Crippen LogP contribution is -2.35. The van der Waals surface area contributed by atoms with Crippen LogP contribution in [-0.4, -0.2) is 38.0 Å². The van der Waals surface area contributed by atoms with Gasteiger partial charge in [0.25, 0.3) is 0 Å². The van der Waals surface area contributed by atoms with Crippen LogP contribution in [0.15, 0.2) is 24.3 Å². The van der Waals surface area contributed by atoms with Crippen LogP contribution in [0.25, 0.3) is 0 Å². The van der Waals surface area contributed by atoms with Gasteiger partial charge in [-0.1, -0.05) is 12.1 Å². The fourth-order valence-corrected chi connectivity index (χ4v) is 1.89. The summed E-state index contributed by atoms with van der Waals surface area (Å²) in [7, 11) is 1.72. The van der Waals surface area contributed by atoms with Crippen LogP contribution in [0.5, 0.6) is 5.75 Å². The zero-order valence-electron chi connectivity index (χ0n) is 11.1. The van der Waals surface area contributed by atoms with Crippen LogP contribution >= 0.6 is 0 Å². The highest BCUT2D eigenvalue weighted by molar-refractivity contribution is 5.25. The molecule has 4 heteroatoms. The van der Waals surface area contributed by atoms with Crippen molar-refractivity contribution < 1.29 is 9.84 Å². The van der Waals surface area contributed by atoms with Gasteiger partial charge in [0.05, 0.1) is 6.61 Å². The molecule has 1 rings (SSSR count). The molecule has 0 aromatic heterocycles. The van der Waals surface area contributed by atoms with E-state index >= 15 is 0 Å². The lowest BCUT2D eigenvalue weighted by Gasteiger charge is -2.17. The number of methoxy groups -OCH3 is 1. The molecule has 1 atom stereocenters. The average molecular weight is 252 g/mol. The number of nitrogens with two attached hydrogens (primary N) is 1. The topological polar surface area (TPSA) is 67.5 Å². The van der Waals surface area contributed by atoms with E-state index < -0.39 is 0 Å². The quantitative estimate of drug-likeness (QED) is 0.619. The van der Waals surface area contributed by atoms with Crippen LogP contribution in [0.4, 0.5) is 0 Å². The first-order valence-electron chi connectivity index (χ1n) is 6.46. The molecule has 0 heterocycles. The number of phenolic OH excluding ortho intramolecular Hbond substituents is 1. The fourth-order valence-electron chi connectivity index (χ4n) is 1.89. The summed E-state index contributed by atoms with van der Waals surface area (Å²) in [6.07, 6.45) is 3.00. The maximum absolute atomic E-state index is 9.19. The molecule has 0 amide bonds. The van der Waals surface area contributed by atoms with E-state index in [9.17, 15) is 5.11 Å². The summed E-state index contributed by atoms with van der Waals surface area (Å²) in [6.45, 7) is 2.35. The highest BCUT2D eigenvalue weighted by Crippen LogP contribution is 2.09. The molecule has 18 heavy (non-hydrogen) atoms. The third-order valence-electron chi connectivity index (χ3n) is 2.91. The molecule has 0 saturated heterocycles. The van der Waals surface area contributed by atoms with Gasteiger partial charge in [-0.15, -0.1) is 0 Å². The third kappa shape index (κ3) is 6.00. The van der Waals surface area contributed by atoms with Gasteiger partial charge >= 0.3 is 0 Å². The van der Waals surface area contributed by atoms with Crippen LogP contribution in [-0.2, 0) is 11.2 Å². The number of rotatable bonds is 9. The molecule has 0 fully saturated rings. The summed E-state index contributed by atoms with van der Waals surface area (Å²) >= 11 is 0. The van der Waals surface area contributed by atoms with Crippen LogP contribution in [0.3, 0.4) is 0 Å². The molecule has 0 bridgehead atoms. The maximum atomic E-state index is 9.19. The van der Waals surface area contributed by atoms with Gasteiger partial charge in [0, 0.05) is 13.2 Å². The summed E-state index contributed by atoms with van der Waals surface area (Å²) in [5.41, 5.74) is 6.73. The van der Waals surface area contributed by atoms with E-state index in [-0.39, 0.29) is 0 Å². The van der Waals surface area contributed by atoms with Gasteiger partial charge in [0.1, 0.15) is 5.75 Å². The number of hydrogen-bond acceptors (Lipinski definition) is 4. The number of aromatic hydroxyl groups is 1. The molecule has 102 valence electrons. The lowest BCUT2D eigenvalue weighted by atomic mass is 10.1. The van der Waals surface area contributed by atoms with Crippen molar-refractivity contribution in [3.63, 3.8) is 0 Å². The Bertz CT molecular complexity index is 314. The van der Waals surface area contributed by atoms with E-state index in [1.807, 2.05) is 12.1 Å². The number of nitrogens with one attached hydrogen (secondary N) is 1. The molecular formula is C14H24N2O2. The Kier molecular flexibility index (Phi) is 7.41. The Morgan fingerprint density at radius 1 is 1.33 bits per heavy atom. The van der Waals surface area contributed by atoms with Crippen molar-refractivity contribution in [1.82, 2.24) is 5.32 Å². The van der Waals surface area contributed by atoms with E-state index in [4.69, 9.17) is 10.5 Å². The Labute approximate surface area is 109 Å². The van der Waals surface area contributed by atoms with Crippen LogP contribution in [0.2, 0.25) is 0 Å². The van der Waals surface area contributed by atoms with Gasteiger partial charge < -0.3 is 20.9 Å². The van der Waals surface area contributed by atoms with Gasteiger partial charge in [-0.2, -0.15) is 0 Å². The molecule has 4 N–H and O–H groups in total. The van der Waals surface area contributed by atoms with Crippen molar-refractivity contribution in [2.45, 2.75) is 25.3 Å².